The molecule has 16 heavy (non-hydrogen) atoms. The first kappa shape index (κ1) is 10.6. The molecule has 2 heterocycles. The van der Waals surface area contributed by atoms with Gasteiger partial charge in [-0.15, -0.1) is 0 Å². The Bertz CT molecular complexity index is 484. The Morgan fingerprint density at radius 3 is 3.00 bits per heavy atom. The molecule has 2 aromatic rings. The van der Waals surface area contributed by atoms with Crippen molar-refractivity contribution in [2.45, 2.75) is 6.54 Å². The zero-order valence-electron chi connectivity index (χ0n) is 8.29. The first-order valence-corrected chi connectivity index (χ1v) is 5.50. The van der Waals surface area contributed by atoms with Crippen LogP contribution in [0.3, 0.4) is 0 Å². The fourth-order valence-corrected chi connectivity index (χ4v) is 1.94. The maximum absolute atomic E-state index is 10.5. The summed E-state index contributed by atoms with van der Waals surface area (Å²) in [5.74, 6) is 0.761. The van der Waals surface area contributed by atoms with Gasteiger partial charge in [0, 0.05) is 24.2 Å². The largest absolute Gasteiger partial charge is 0.366 e. The smallest absolute Gasteiger partial charge is 0.324 e. The van der Waals surface area contributed by atoms with E-state index in [0.717, 1.165) is 22.7 Å². The number of aromatic nitrogens is 1. The second kappa shape index (κ2) is 4.71. The van der Waals surface area contributed by atoms with E-state index in [-0.39, 0.29) is 9.92 Å². The highest BCUT2D eigenvalue weighted by Crippen LogP contribution is 2.22. The van der Waals surface area contributed by atoms with Crippen LogP contribution in [0.25, 0.3) is 0 Å². The van der Waals surface area contributed by atoms with Crippen molar-refractivity contribution in [2.24, 2.45) is 0 Å². The number of pyridine rings is 1. The third-order valence-electron chi connectivity index (χ3n) is 1.96. The SMILES string of the molecule is O=[N+]([O-])c1cc(CNc2ccccn2)cs1. The van der Waals surface area contributed by atoms with Gasteiger partial charge in [-0.3, -0.25) is 10.1 Å². The van der Waals surface area contributed by atoms with E-state index in [9.17, 15) is 10.1 Å². The predicted octanol–water partition coefficient (Wildman–Crippen LogP) is 2.66. The van der Waals surface area contributed by atoms with Gasteiger partial charge in [0.15, 0.2) is 0 Å². The van der Waals surface area contributed by atoms with Crippen LogP contribution in [-0.4, -0.2) is 9.91 Å². The summed E-state index contributed by atoms with van der Waals surface area (Å²) in [6.07, 6.45) is 1.69. The van der Waals surface area contributed by atoms with Crippen LogP contribution < -0.4 is 5.32 Å². The third kappa shape index (κ3) is 2.54. The first-order chi connectivity index (χ1) is 7.75. The Morgan fingerprint density at radius 1 is 1.50 bits per heavy atom. The van der Waals surface area contributed by atoms with Gasteiger partial charge in [0.05, 0.1) is 4.92 Å². The van der Waals surface area contributed by atoms with E-state index < -0.39 is 0 Å². The standard InChI is InChI=1S/C10H9N3O2S/c14-13(15)10-5-8(7-16-10)6-12-9-3-1-2-4-11-9/h1-5,7H,6H2,(H,11,12). The third-order valence-corrected chi connectivity index (χ3v) is 2.89. The number of nitro groups is 1. The van der Waals surface area contributed by atoms with E-state index in [1.54, 1.807) is 17.6 Å². The summed E-state index contributed by atoms with van der Waals surface area (Å²) in [5.41, 5.74) is 0.891. The van der Waals surface area contributed by atoms with E-state index >= 15 is 0 Å². The van der Waals surface area contributed by atoms with Gasteiger partial charge in [-0.05, 0) is 17.7 Å². The van der Waals surface area contributed by atoms with Crippen LogP contribution in [0, 0.1) is 10.1 Å². The van der Waals surface area contributed by atoms with Gasteiger partial charge in [0.1, 0.15) is 5.82 Å². The van der Waals surface area contributed by atoms with Gasteiger partial charge < -0.3 is 5.32 Å². The van der Waals surface area contributed by atoms with Crippen molar-refractivity contribution in [2.75, 3.05) is 5.32 Å². The predicted molar refractivity (Wildman–Crippen MR) is 62.5 cm³/mol. The Labute approximate surface area is 95.9 Å². The van der Waals surface area contributed by atoms with Gasteiger partial charge >= 0.3 is 5.00 Å². The van der Waals surface area contributed by atoms with Gasteiger partial charge in [0.25, 0.3) is 0 Å². The van der Waals surface area contributed by atoms with Crippen molar-refractivity contribution in [3.05, 3.63) is 51.5 Å². The molecule has 0 unspecified atom stereocenters. The zero-order chi connectivity index (χ0) is 11.4. The molecule has 0 aliphatic rings. The summed E-state index contributed by atoms with van der Waals surface area (Å²) in [6, 6.07) is 7.13. The van der Waals surface area contributed by atoms with Crippen molar-refractivity contribution in [1.82, 2.24) is 4.98 Å². The molecule has 2 rings (SSSR count). The van der Waals surface area contributed by atoms with E-state index in [1.807, 2.05) is 18.2 Å². The van der Waals surface area contributed by atoms with Crippen LogP contribution in [-0.2, 0) is 6.54 Å². The van der Waals surface area contributed by atoms with Crippen LogP contribution in [0.15, 0.2) is 35.8 Å². The summed E-state index contributed by atoms with van der Waals surface area (Å²) < 4.78 is 0. The number of hydrogen-bond donors (Lipinski definition) is 1. The summed E-state index contributed by atoms with van der Waals surface area (Å²) in [7, 11) is 0. The second-order valence-electron chi connectivity index (χ2n) is 3.12. The first-order valence-electron chi connectivity index (χ1n) is 4.62. The highest BCUT2D eigenvalue weighted by molar-refractivity contribution is 7.13. The molecular formula is C10H9N3O2S. The minimum absolute atomic E-state index is 0.165. The molecular weight excluding hydrogens is 226 g/mol. The summed E-state index contributed by atoms with van der Waals surface area (Å²) in [4.78, 5) is 14.2. The minimum Gasteiger partial charge on any atom is -0.366 e. The molecule has 6 heteroatoms. The quantitative estimate of drug-likeness (QED) is 0.653. The van der Waals surface area contributed by atoms with Crippen LogP contribution in [0.1, 0.15) is 5.56 Å². The van der Waals surface area contributed by atoms with Gasteiger partial charge in [0.2, 0.25) is 0 Å². The maximum Gasteiger partial charge on any atom is 0.324 e. The number of thiophene rings is 1. The molecule has 5 nitrogen and oxygen atoms in total. The number of nitrogens with one attached hydrogen (secondary N) is 1. The summed E-state index contributed by atoms with van der Waals surface area (Å²) in [5, 5.41) is 15.5. The highest BCUT2D eigenvalue weighted by Gasteiger charge is 2.08. The lowest BCUT2D eigenvalue weighted by atomic mass is 10.3. The normalized spacial score (nSPS) is 10.0. The average molecular weight is 235 g/mol. The second-order valence-corrected chi connectivity index (χ2v) is 4.01. The minimum atomic E-state index is -0.380. The Hall–Kier alpha value is -1.95. The van der Waals surface area contributed by atoms with Crippen LogP contribution in [0.2, 0.25) is 0 Å². The fraction of sp³-hybridized carbons (Fsp3) is 0.100. The number of hydrogen-bond acceptors (Lipinski definition) is 5. The van der Waals surface area contributed by atoms with Crippen molar-refractivity contribution in [3.63, 3.8) is 0 Å². The average Bonchev–Trinajstić information content (AvgIpc) is 2.76. The van der Waals surface area contributed by atoms with Crippen molar-refractivity contribution in [3.8, 4) is 0 Å². The molecule has 82 valence electrons. The summed E-state index contributed by atoms with van der Waals surface area (Å²) in [6.45, 7) is 0.543. The van der Waals surface area contributed by atoms with Gasteiger partial charge in [-0.2, -0.15) is 0 Å². The molecule has 2 aromatic heterocycles. The Balaban J connectivity index is 1.97. The molecule has 0 atom stereocenters. The molecule has 0 spiro atoms. The lowest BCUT2D eigenvalue weighted by Gasteiger charge is -2.01. The molecule has 0 saturated heterocycles. The molecule has 0 amide bonds. The topological polar surface area (TPSA) is 68.1 Å². The van der Waals surface area contributed by atoms with E-state index in [0.29, 0.717) is 6.54 Å². The molecule has 0 bridgehead atoms. The molecule has 0 saturated carbocycles. The van der Waals surface area contributed by atoms with E-state index in [1.165, 1.54) is 0 Å². The van der Waals surface area contributed by atoms with Crippen molar-refractivity contribution in [1.29, 1.82) is 0 Å². The lowest BCUT2D eigenvalue weighted by molar-refractivity contribution is -0.380. The van der Waals surface area contributed by atoms with Crippen LogP contribution in [0.5, 0.6) is 0 Å². The van der Waals surface area contributed by atoms with Crippen molar-refractivity contribution < 1.29 is 4.92 Å². The van der Waals surface area contributed by atoms with Crippen LogP contribution >= 0.6 is 11.3 Å². The highest BCUT2D eigenvalue weighted by atomic mass is 32.1. The Kier molecular flexibility index (Phi) is 3.11. The molecule has 0 fully saturated rings. The zero-order valence-corrected chi connectivity index (χ0v) is 9.11. The summed E-state index contributed by atoms with van der Waals surface area (Å²) >= 11 is 1.13. The fourth-order valence-electron chi connectivity index (χ4n) is 1.21. The molecule has 0 aliphatic heterocycles. The number of rotatable bonds is 4. The molecule has 1 N–H and O–H groups in total. The Morgan fingerprint density at radius 2 is 2.38 bits per heavy atom. The molecule has 0 aliphatic carbocycles. The van der Waals surface area contributed by atoms with E-state index in [4.69, 9.17) is 0 Å². The number of nitrogens with zero attached hydrogens (tertiary/aromatic N) is 2. The van der Waals surface area contributed by atoms with Gasteiger partial charge in [-0.25, -0.2) is 4.98 Å². The van der Waals surface area contributed by atoms with Crippen molar-refractivity contribution >= 4 is 22.2 Å². The molecule has 0 aromatic carbocycles. The molecule has 0 radical (unpaired) electrons. The van der Waals surface area contributed by atoms with E-state index in [2.05, 4.69) is 10.3 Å². The maximum atomic E-state index is 10.5. The monoisotopic (exact) mass is 235 g/mol. The van der Waals surface area contributed by atoms with Crippen LogP contribution in [0.4, 0.5) is 10.8 Å². The van der Waals surface area contributed by atoms with Gasteiger partial charge in [-0.1, -0.05) is 17.4 Å². The number of anilines is 1. The lowest BCUT2D eigenvalue weighted by Crippen LogP contribution is -1.99.